The van der Waals surface area contributed by atoms with Crippen LogP contribution in [0.2, 0.25) is 0 Å². The maximum absolute atomic E-state index is 8.65. The van der Waals surface area contributed by atoms with E-state index in [4.69, 9.17) is 9.68 Å². The Balaban J connectivity index is 2.92. The van der Waals surface area contributed by atoms with E-state index in [-0.39, 0.29) is 0 Å². The molecule has 2 nitrogen and oxygen atoms in total. The van der Waals surface area contributed by atoms with E-state index in [0.29, 0.717) is 11.1 Å². The van der Waals surface area contributed by atoms with E-state index in [9.17, 15) is 0 Å². The normalized spacial score (nSPS) is 9.73. The molecule has 0 atom stereocenters. The predicted octanol–water partition coefficient (Wildman–Crippen LogP) is 2.10. The van der Waals surface area contributed by atoms with Crippen LogP contribution in [0.3, 0.4) is 0 Å². The second-order valence-electron chi connectivity index (χ2n) is 2.19. The first-order valence-corrected chi connectivity index (χ1v) is 3.20. The monoisotopic (exact) mass is 142 g/mol. The minimum Gasteiger partial charge on any atom is -0.453 e. The zero-order valence-corrected chi connectivity index (χ0v) is 5.66. The predicted molar refractivity (Wildman–Crippen MR) is 39.8 cm³/mol. The molecular weight excluding hydrogens is 138 g/mol. The van der Waals surface area contributed by atoms with E-state index < -0.39 is 0 Å². The first-order chi connectivity index (χ1) is 5.42. The second kappa shape index (κ2) is 2.14. The molecule has 0 aliphatic carbocycles. The van der Waals surface area contributed by atoms with E-state index in [1.807, 2.05) is 6.07 Å². The largest absolute Gasteiger partial charge is 0.453 e. The molecule has 2 aromatic rings. The van der Waals surface area contributed by atoms with Gasteiger partial charge in [0.1, 0.15) is 5.58 Å². The SMILES string of the molecule is N#Cc1cccc2o[c]cc12. The summed E-state index contributed by atoms with van der Waals surface area (Å²) in [5, 5.41) is 9.48. The minimum atomic E-state index is 0.632. The summed E-state index contributed by atoms with van der Waals surface area (Å²) in [6.45, 7) is 0. The minimum absolute atomic E-state index is 0.632. The third-order valence-corrected chi connectivity index (χ3v) is 1.56. The highest BCUT2D eigenvalue weighted by molar-refractivity contribution is 5.83. The Hall–Kier alpha value is -1.75. The van der Waals surface area contributed by atoms with Crippen molar-refractivity contribution in [2.45, 2.75) is 0 Å². The fourth-order valence-electron chi connectivity index (χ4n) is 1.03. The molecule has 1 aromatic heterocycles. The summed E-state index contributed by atoms with van der Waals surface area (Å²) < 4.78 is 4.98. The average Bonchev–Trinajstić information content (AvgIpc) is 2.50. The van der Waals surface area contributed by atoms with Crippen molar-refractivity contribution >= 4 is 11.0 Å². The zero-order valence-electron chi connectivity index (χ0n) is 5.66. The average molecular weight is 142 g/mol. The molecule has 1 heterocycles. The molecule has 11 heavy (non-hydrogen) atoms. The molecule has 0 spiro atoms. The van der Waals surface area contributed by atoms with Gasteiger partial charge in [-0.05, 0) is 18.2 Å². The van der Waals surface area contributed by atoms with E-state index in [1.54, 1.807) is 18.2 Å². The van der Waals surface area contributed by atoms with E-state index in [0.717, 1.165) is 5.39 Å². The molecule has 0 aliphatic rings. The third kappa shape index (κ3) is 0.786. The van der Waals surface area contributed by atoms with Gasteiger partial charge in [-0.3, -0.25) is 0 Å². The van der Waals surface area contributed by atoms with Crippen molar-refractivity contribution in [1.29, 1.82) is 5.26 Å². The van der Waals surface area contributed by atoms with Crippen LogP contribution in [0, 0.1) is 17.6 Å². The number of nitriles is 1. The molecule has 51 valence electrons. The maximum atomic E-state index is 8.65. The number of nitrogens with zero attached hydrogens (tertiary/aromatic N) is 1. The van der Waals surface area contributed by atoms with E-state index in [2.05, 4.69) is 12.3 Å². The molecule has 1 radical (unpaired) electrons. The quantitative estimate of drug-likeness (QED) is 0.564. The molecule has 0 saturated heterocycles. The van der Waals surface area contributed by atoms with Gasteiger partial charge in [-0.15, -0.1) is 0 Å². The van der Waals surface area contributed by atoms with Crippen molar-refractivity contribution < 1.29 is 4.42 Å². The number of benzene rings is 1. The van der Waals surface area contributed by atoms with Crippen LogP contribution in [-0.4, -0.2) is 0 Å². The van der Waals surface area contributed by atoms with Crippen LogP contribution in [0.25, 0.3) is 11.0 Å². The number of rotatable bonds is 0. The Kier molecular flexibility index (Phi) is 1.16. The van der Waals surface area contributed by atoms with Gasteiger partial charge in [-0.1, -0.05) is 6.07 Å². The lowest BCUT2D eigenvalue weighted by Gasteiger charge is -1.88. The second-order valence-corrected chi connectivity index (χ2v) is 2.19. The highest BCUT2D eigenvalue weighted by Crippen LogP contribution is 2.17. The van der Waals surface area contributed by atoms with Crippen molar-refractivity contribution in [3.8, 4) is 6.07 Å². The van der Waals surface area contributed by atoms with Gasteiger partial charge in [0, 0.05) is 5.39 Å². The third-order valence-electron chi connectivity index (χ3n) is 1.56. The van der Waals surface area contributed by atoms with Gasteiger partial charge in [0.15, 0.2) is 6.26 Å². The lowest BCUT2D eigenvalue weighted by atomic mass is 10.1. The molecular formula is C9H4NO. The number of hydrogen-bond donors (Lipinski definition) is 0. The molecule has 0 amide bonds. The highest BCUT2D eigenvalue weighted by Gasteiger charge is 2.00. The summed E-state index contributed by atoms with van der Waals surface area (Å²) in [7, 11) is 0. The lowest BCUT2D eigenvalue weighted by Crippen LogP contribution is -1.72. The van der Waals surface area contributed by atoms with Crippen LogP contribution in [0.1, 0.15) is 5.56 Å². The standard InChI is InChI=1S/C9H4NO/c10-6-7-2-1-3-9-8(7)4-5-11-9/h1-4H. The van der Waals surface area contributed by atoms with Crippen molar-refractivity contribution in [2.75, 3.05) is 0 Å². The van der Waals surface area contributed by atoms with E-state index >= 15 is 0 Å². The van der Waals surface area contributed by atoms with Crippen LogP contribution in [0.5, 0.6) is 0 Å². The topological polar surface area (TPSA) is 36.9 Å². The summed E-state index contributed by atoms with van der Waals surface area (Å²) in [4.78, 5) is 0. The van der Waals surface area contributed by atoms with Gasteiger partial charge in [-0.25, -0.2) is 0 Å². The molecule has 2 heteroatoms. The van der Waals surface area contributed by atoms with Gasteiger partial charge in [-0.2, -0.15) is 5.26 Å². The fraction of sp³-hybridized carbons (Fsp3) is 0. The zero-order chi connectivity index (χ0) is 7.68. The smallest absolute Gasteiger partial charge is 0.170 e. The highest BCUT2D eigenvalue weighted by atomic mass is 16.3. The summed E-state index contributed by atoms with van der Waals surface area (Å²) in [6.07, 6.45) is 2.59. The Labute approximate surface area is 63.7 Å². The molecule has 0 saturated carbocycles. The molecule has 0 bridgehead atoms. The Morgan fingerprint density at radius 1 is 1.45 bits per heavy atom. The first-order valence-electron chi connectivity index (χ1n) is 3.20. The Bertz CT molecular complexity index is 422. The lowest BCUT2D eigenvalue weighted by molar-refractivity contribution is 0.606. The molecule has 0 unspecified atom stereocenters. The molecule has 0 N–H and O–H groups in total. The summed E-state index contributed by atoms with van der Waals surface area (Å²) in [5.41, 5.74) is 1.34. The number of hydrogen-bond acceptors (Lipinski definition) is 2. The van der Waals surface area contributed by atoms with Crippen molar-refractivity contribution in [3.63, 3.8) is 0 Å². The van der Waals surface area contributed by atoms with Crippen molar-refractivity contribution in [1.82, 2.24) is 0 Å². The van der Waals surface area contributed by atoms with Crippen LogP contribution >= 0.6 is 0 Å². The van der Waals surface area contributed by atoms with E-state index in [1.165, 1.54) is 0 Å². The molecule has 0 aliphatic heterocycles. The van der Waals surface area contributed by atoms with Gasteiger partial charge in [0.2, 0.25) is 0 Å². The Morgan fingerprint density at radius 3 is 3.18 bits per heavy atom. The summed E-state index contributed by atoms with van der Waals surface area (Å²) in [5.74, 6) is 0. The first kappa shape index (κ1) is 5.99. The molecule has 1 aromatic carbocycles. The summed E-state index contributed by atoms with van der Waals surface area (Å²) >= 11 is 0. The number of fused-ring (bicyclic) bond motifs is 1. The van der Waals surface area contributed by atoms with Crippen LogP contribution in [-0.2, 0) is 0 Å². The van der Waals surface area contributed by atoms with Crippen LogP contribution in [0.15, 0.2) is 28.7 Å². The summed E-state index contributed by atoms with van der Waals surface area (Å²) in [6, 6.07) is 9.11. The van der Waals surface area contributed by atoms with Crippen LogP contribution < -0.4 is 0 Å². The van der Waals surface area contributed by atoms with Gasteiger partial charge < -0.3 is 4.42 Å². The fourth-order valence-corrected chi connectivity index (χ4v) is 1.03. The van der Waals surface area contributed by atoms with Gasteiger partial charge >= 0.3 is 0 Å². The van der Waals surface area contributed by atoms with Crippen LogP contribution in [0.4, 0.5) is 0 Å². The molecule has 0 fully saturated rings. The maximum Gasteiger partial charge on any atom is 0.170 e. The van der Waals surface area contributed by atoms with Crippen molar-refractivity contribution in [3.05, 3.63) is 36.1 Å². The Morgan fingerprint density at radius 2 is 2.36 bits per heavy atom. The van der Waals surface area contributed by atoms with Gasteiger partial charge in [0.25, 0.3) is 0 Å². The number of furan rings is 1. The van der Waals surface area contributed by atoms with Crippen molar-refractivity contribution in [2.24, 2.45) is 0 Å². The molecule has 2 rings (SSSR count). The van der Waals surface area contributed by atoms with Gasteiger partial charge in [0.05, 0.1) is 11.6 Å².